The predicted molar refractivity (Wildman–Crippen MR) is 111 cm³/mol. The van der Waals surface area contributed by atoms with E-state index in [1.807, 2.05) is 18.2 Å². The maximum absolute atomic E-state index is 13.4. The Bertz CT molecular complexity index is 1020. The van der Waals surface area contributed by atoms with Crippen molar-refractivity contribution in [2.45, 2.75) is 37.6 Å². The largest absolute Gasteiger partial charge is 0.264 e. The van der Waals surface area contributed by atoms with Gasteiger partial charge in [-0.15, -0.1) is 0 Å². The fourth-order valence-corrected chi connectivity index (χ4v) is 4.37. The van der Waals surface area contributed by atoms with E-state index in [4.69, 9.17) is 0 Å². The SMILES string of the molecule is CC(C)(C)c1ccc(S(=O)(=O)N(Cc2ccc(F)cc2)c2ccccc2)cc1. The van der Waals surface area contributed by atoms with Gasteiger partial charge in [0.2, 0.25) is 0 Å². The number of hydrogen-bond acceptors (Lipinski definition) is 2. The maximum Gasteiger partial charge on any atom is 0.264 e. The van der Waals surface area contributed by atoms with Crippen molar-refractivity contribution in [1.82, 2.24) is 0 Å². The van der Waals surface area contributed by atoms with E-state index in [1.54, 1.807) is 48.5 Å². The predicted octanol–water partition coefficient (Wildman–Crippen LogP) is 5.52. The number of rotatable bonds is 5. The first-order chi connectivity index (χ1) is 13.2. The summed E-state index contributed by atoms with van der Waals surface area (Å²) < 4.78 is 41.4. The summed E-state index contributed by atoms with van der Waals surface area (Å²) in [5.41, 5.74) is 2.28. The molecule has 0 saturated heterocycles. The molecular weight excluding hydrogens is 373 g/mol. The first-order valence-corrected chi connectivity index (χ1v) is 10.5. The van der Waals surface area contributed by atoms with Crippen molar-refractivity contribution in [3.8, 4) is 0 Å². The number of hydrogen-bond donors (Lipinski definition) is 0. The molecule has 0 bridgehead atoms. The van der Waals surface area contributed by atoms with Gasteiger partial charge in [0.25, 0.3) is 10.0 Å². The summed E-state index contributed by atoms with van der Waals surface area (Å²) in [6.45, 7) is 6.37. The standard InChI is InChI=1S/C23H24FNO2S/c1-23(2,3)19-11-15-22(16-12-19)28(26,27)25(21-7-5-4-6-8-21)17-18-9-13-20(24)14-10-18/h4-16H,17H2,1-3H3. The van der Waals surface area contributed by atoms with E-state index in [0.29, 0.717) is 11.3 Å². The van der Waals surface area contributed by atoms with Crippen LogP contribution in [-0.4, -0.2) is 8.42 Å². The summed E-state index contributed by atoms with van der Waals surface area (Å²) in [6, 6.07) is 21.8. The highest BCUT2D eigenvalue weighted by atomic mass is 32.2. The monoisotopic (exact) mass is 397 g/mol. The third kappa shape index (κ3) is 4.42. The van der Waals surface area contributed by atoms with E-state index in [2.05, 4.69) is 20.8 Å². The fourth-order valence-electron chi connectivity index (χ4n) is 2.92. The zero-order valence-corrected chi connectivity index (χ0v) is 17.1. The van der Waals surface area contributed by atoms with Crippen molar-refractivity contribution in [3.05, 3.63) is 95.8 Å². The zero-order chi connectivity index (χ0) is 20.4. The molecule has 0 spiro atoms. The van der Waals surface area contributed by atoms with Crippen LogP contribution in [0.3, 0.4) is 0 Å². The third-order valence-corrected chi connectivity index (χ3v) is 6.38. The molecule has 3 nitrogen and oxygen atoms in total. The molecule has 28 heavy (non-hydrogen) atoms. The number of benzene rings is 3. The molecule has 0 saturated carbocycles. The zero-order valence-electron chi connectivity index (χ0n) is 16.3. The molecule has 0 radical (unpaired) electrons. The number of halogens is 1. The molecule has 3 aromatic carbocycles. The van der Waals surface area contributed by atoms with Crippen LogP contribution in [0.4, 0.5) is 10.1 Å². The minimum atomic E-state index is -3.79. The summed E-state index contributed by atoms with van der Waals surface area (Å²) in [4.78, 5) is 0.228. The first kappa shape index (κ1) is 20.1. The summed E-state index contributed by atoms with van der Waals surface area (Å²) in [5, 5.41) is 0. The summed E-state index contributed by atoms with van der Waals surface area (Å²) in [5.74, 6) is -0.351. The summed E-state index contributed by atoms with van der Waals surface area (Å²) in [6.07, 6.45) is 0. The minimum absolute atomic E-state index is 0.0600. The fraction of sp³-hybridized carbons (Fsp3) is 0.217. The third-order valence-electron chi connectivity index (χ3n) is 4.59. The van der Waals surface area contributed by atoms with Crippen LogP contribution in [0.15, 0.2) is 83.8 Å². The van der Waals surface area contributed by atoms with Crippen LogP contribution in [0, 0.1) is 5.82 Å². The van der Waals surface area contributed by atoms with Crippen LogP contribution in [-0.2, 0) is 22.0 Å². The molecule has 3 aromatic rings. The van der Waals surface area contributed by atoms with E-state index in [-0.39, 0.29) is 22.7 Å². The quantitative estimate of drug-likeness (QED) is 0.568. The van der Waals surface area contributed by atoms with Gasteiger partial charge in [0.15, 0.2) is 0 Å². The molecule has 0 heterocycles. The molecule has 0 aliphatic rings. The second-order valence-electron chi connectivity index (χ2n) is 7.75. The van der Waals surface area contributed by atoms with Gasteiger partial charge in [-0.25, -0.2) is 12.8 Å². The molecule has 3 rings (SSSR count). The van der Waals surface area contributed by atoms with E-state index in [1.165, 1.54) is 16.4 Å². The molecule has 0 atom stereocenters. The number of anilines is 1. The average molecular weight is 398 g/mol. The molecule has 5 heteroatoms. The van der Waals surface area contributed by atoms with Gasteiger partial charge in [0, 0.05) is 0 Å². The molecule has 0 aliphatic heterocycles. The van der Waals surface area contributed by atoms with Crippen LogP contribution in [0.1, 0.15) is 31.9 Å². The lowest BCUT2D eigenvalue weighted by Crippen LogP contribution is -2.30. The topological polar surface area (TPSA) is 37.4 Å². The first-order valence-electron chi connectivity index (χ1n) is 9.11. The van der Waals surface area contributed by atoms with Crippen molar-refractivity contribution >= 4 is 15.7 Å². The van der Waals surface area contributed by atoms with Crippen molar-refractivity contribution in [1.29, 1.82) is 0 Å². The van der Waals surface area contributed by atoms with Crippen molar-refractivity contribution in [2.75, 3.05) is 4.31 Å². The molecule has 0 unspecified atom stereocenters. The van der Waals surface area contributed by atoms with Gasteiger partial charge in [-0.05, 0) is 52.9 Å². The molecule has 0 aromatic heterocycles. The van der Waals surface area contributed by atoms with Crippen LogP contribution in [0.2, 0.25) is 0 Å². The lowest BCUT2D eigenvalue weighted by molar-refractivity contribution is 0.584. The summed E-state index contributed by atoms with van der Waals surface area (Å²) in [7, 11) is -3.79. The molecule has 0 aliphatic carbocycles. The highest BCUT2D eigenvalue weighted by Gasteiger charge is 2.26. The van der Waals surface area contributed by atoms with E-state index < -0.39 is 10.0 Å². The number of para-hydroxylation sites is 1. The van der Waals surface area contributed by atoms with E-state index >= 15 is 0 Å². The highest BCUT2D eigenvalue weighted by Crippen LogP contribution is 2.28. The smallest absolute Gasteiger partial charge is 0.262 e. The van der Waals surface area contributed by atoms with Gasteiger partial charge in [0.1, 0.15) is 5.82 Å². The number of sulfonamides is 1. The summed E-state index contributed by atoms with van der Waals surface area (Å²) >= 11 is 0. The van der Waals surface area contributed by atoms with Gasteiger partial charge in [-0.1, -0.05) is 63.2 Å². The second-order valence-corrected chi connectivity index (χ2v) is 9.61. The lowest BCUT2D eigenvalue weighted by Gasteiger charge is -2.25. The molecule has 146 valence electrons. The highest BCUT2D eigenvalue weighted by molar-refractivity contribution is 7.92. The molecule has 0 fully saturated rings. The Kier molecular flexibility index (Phi) is 5.57. The Balaban J connectivity index is 2.02. The van der Waals surface area contributed by atoms with Gasteiger partial charge in [-0.2, -0.15) is 0 Å². The van der Waals surface area contributed by atoms with Gasteiger partial charge in [0.05, 0.1) is 17.1 Å². The minimum Gasteiger partial charge on any atom is -0.262 e. The molecule has 0 amide bonds. The van der Waals surface area contributed by atoms with Crippen LogP contribution >= 0.6 is 0 Å². The van der Waals surface area contributed by atoms with E-state index in [0.717, 1.165) is 5.56 Å². The van der Waals surface area contributed by atoms with Crippen molar-refractivity contribution in [2.24, 2.45) is 0 Å². The van der Waals surface area contributed by atoms with Gasteiger partial charge in [-0.3, -0.25) is 4.31 Å². The Labute approximate surface area is 166 Å². The normalized spacial score (nSPS) is 12.0. The van der Waals surface area contributed by atoms with Crippen LogP contribution in [0.25, 0.3) is 0 Å². The molecule has 0 N–H and O–H groups in total. The van der Waals surface area contributed by atoms with E-state index in [9.17, 15) is 12.8 Å². The maximum atomic E-state index is 13.4. The Morgan fingerprint density at radius 1 is 0.821 bits per heavy atom. The second kappa shape index (κ2) is 7.76. The Morgan fingerprint density at radius 3 is 1.93 bits per heavy atom. The van der Waals surface area contributed by atoms with Crippen LogP contribution < -0.4 is 4.31 Å². The van der Waals surface area contributed by atoms with Gasteiger partial charge < -0.3 is 0 Å². The van der Waals surface area contributed by atoms with Gasteiger partial charge >= 0.3 is 0 Å². The lowest BCUT2D eigenvalue weighted by atomic mass is 9.87. The Hall–Kier alpha value is -2.66. The Morgan fingerprint density at radius 2 is 1.39 bits per heavy atom. The average Bonchev–Trinajstić information content (AvgIpc) is 2.67. The number of nitrogens with zero attached hydrogens (tertiary/aromatic N) is 1. The van der Waals surface area contributed by atoms with Crippen molar-refractivity contribution in [3.63, 3.8) is 0 Å². The van der Waals surface area contributed by atoms with Crippen LogP contribution in [0.5, 0.6) is 0 Å². The van der Waals surface area contributed by atoms with Crippen molar-refractivity contribution < 1.29 is 12.8 Å². The molecular formula is C23H24FNO2S.